The van der Waals surface area contributed by atoms with Crippen LogP contribution in [0.1, 0.15) is 16.7 Å². The van der Waals surface area contributed by atoms with Gasteiger partial charge in [0.1, 0.15) is 11.6 Å². The topological polar surface area (TPSA) is 58.6 Å². The van der Waals surface area contributed by atoms with Crippen molar-refractivity contribution in [2.24, 2.45) is 0 Å². The minimum Gasteiger partial charge on any atom is -0.467 e. The quantitative estimate of drug-likeness (QED) is 0.795. The number of esters is 1. The van der Waals surface area contributed by atoms with Crippen molar-refractivity contribution >= 4 is 11.9 Å². The van der Waals surface area contributed by atoms with E-state index in [9.17, 15) is 9.59 Å². The molecule has 1 atom stereocenters. The van der Waals surface area contributed by atoms with Crippen molar-refractivity contribution < 1.29 is 14.3 Å². The Morgan fingerprint density at radius 3 is 2.11 bits per heavy atom. The third-order valence-corrected chi connectivity index (χ3v) is 5.44. The molecule has 0 unspecified atom stereocenters. The van der Waals surface area contributed by atoms with E-state index in [4.69, 9.17) is 4.74 Å². The van der Waals surface area contributed by atoms with Crippen LogP contribution in [0.25, 0.3) is 0 Å². The first-order valence-corrected chi connectivity index (χ1v) is 9.13. The molecule has 2 aromatic rings. The van der Waals surface area contributed by atoms with Gasteiger partial charge in [0, 0.05) is 19.3 Å². The lowest BCUT2D eigenvalue weighted by Gasteiger charge is -2.35. The minimum atomic E-state index is -0.717. The summed E-state index contributed by atoms with van der Waals surface area (Å²) in [7, 11) is 5.17. The number of methoxy groups -OCH3 is 1. The monoisotopic (exact) mass is 366 g/mol. The number of carbonyl (C=O) groups is 2. The number of hydrogen-bond donors (Lipinski definition) is 1. The highest BCUT2D eigenvalue weighted by Gasteiger charge is 2.46. The number of benzene rings is 2. The van der Waals surface area contributed by atoms with Crippen molar-refractivity contribution in [3.05, 3.63) is 71.3 Å². The van der Waals surface area contributed by atoms with Crippen molar-refractivity contribution in [2.45, 2.75) is 30.8 Å². The number of rotatable bonds is 6. The van der Waals surface area contributed by atoms with Crippen LogP contribution in [0.5, 0.6) is 0 Å². The molecule has 0 bridgehead atoms. The van der Waals surface area contributed by atoms with Crippen LogP contribution < -0.4 is 5.32 Å². The summed E-state index contributed by atoms with van der Waals surface area (Å²) >= 11 is 0. The lowest BCUT2D eigenvalue weighted by molar-refractivity contribution is -0.146. The number of likely N-dealkylation sites (N-methyl/N-ethyl adjacent to an activating group) is 1. The molecular weight excluding hydrogens is 340 g/mol. The van der Waals surface area contributed by atoms with Gasteiger partial charge in [-0.15, -0.1) is 0 Å². The highest BCUT2D eigenvalue weighted by atomic mass is 16.5. The van der Waals surface area contributed by atoms with E-state index in [2.05, 4.69) is 17.4 Å². The molecule has 1 aliphatic carbocycles. The summed E-state index contributed by atoms with van der Waals surface area (Å²) in [5.41, 5.74) is 2.63. The molecule has 5 heteroatoms. The Balaban J connectivity index is 1.82. The number of carbonyl (C=O) groups excluding carboxylic acids is 2. The third-order valence-electron chi connectivity index (χ3n) is 5.44. The van der Waals surface area contributed by atoms with Gasteiger partial charge in [-0.2, -0.15) is 0 Å². The maximum Gasteiger partial charge on any atom is 0.328 e. The van der Waals surface area contributed by atoms with Gasteiger partial charge in [-0.3, -0.25) is 9.69 Å². The van der Waals surface area contributed by atoms with Gasteiger partial charge < -0.3 is 10.1 Å². The lowest BCUT2D eigenvalue weighted by Crippen LogP contribution is -2.60. The number of hydrogen-bond acceptors (Lipinski definition) is 4. The predicted molar refractivity (Wildman–Crippen MR) is 104 cm³/mol. The van der Waals surface area contributed by atoms with Crippen LogP contribution in [0.15, 0.2) is 54.6 Å². The van der Waals surface area contributed by atoms with Crippen LogP contribution in [0.4, 0.5) is 0 Å². The van der Waals surface area contributed by atoms with Gasteiger partial charge in [-0.25, -0.2) is 4.79 Å². The van der Waals surface area contributed by atoms with E-state index in [1.54, 1.807) is 0 Å². The van der Waals surface area contributed by atoms with Gasteiger partial charge >= 0.3 is 5.97 Å². The Kier molecular flexibility index (Phi) is 5.61. The fourth-order valence-corrected chi connectivity index (χ4v) is 3.75. The smallest absolute Gasteiger partial charge is 0.328 e. The van der Waals surface area contributed by atoms with Gasteiger partial charge in [-0.1, -0.05) is 54.6 Å². The number of amides is 1. The molecule has 5 nitrogen and oxygen atoms in total. The number of nitrogens with zero attached hydrogens (tertiary/aromatic N) is 1. The molecule has 0 fully saturated rings. The molecule has 1 amide bonds. The van der Waals surface area contributed by atoms with Gasteiger partial charge in [0.2, 0.25) is 5.91 Å². The highest BCUT2D eigenvalue weighted by Crippen LogP contribution is 2.33. The van der Waals surface area contributed by atoms with Gasteiger partial charge in [-0.05, 0) is 30.8 Å². The zero-order chi connectivity index (χ0) is 19.4. The largest absolute Gasteiger partial charge is 0.467 e. The Morgan fingerprint density at radius 1 is 1.04 bits per heavy atom. The Labute approximate surface area is 160 Å². The summed E-state index contributed by atoms with van der Waals surface area (Å²) in [6, 6.07) is 17.0. The van der Waals surface area contributed by atoms with Crippen LogP contribution in [-0.4, -0.2) is 49.6 Å². The van der Waals surface area contributed by atoms with Gasteiger partial charge in [0.25, 0.3) is 0 Å². The second kappa shape index (κ2) is 7.92. The second-order valence-electron chi connectivity index (χ2n) is 7.29. The number of nitrogens with one attached hydrogen (secondary N) is 1. The summed E-state index contributed by atoms with van der Waals surface area (Å²) < 4.78 is 4.94. The first-order chi connectivity index (χ1) is 13.0. The van der Waals surface area contributed by atoms with Crippen LogP contribution in [0, 0.1) is 0 Å². The Morgan fingerprint density at radius 2 is 1.59 bits per heavy atom. The number of fused-ring (bicyclic) bond motifs is 1. The zero-order valence-corrected chi connectivity index (χ0v) is 16.1. The lowest BCUT2D eigenvalue weighted by atomic mass is 9.92. The van der Waals surface area contributed by atoms with E-state index >= 15 is 0 Å². The highest BCUT2D eigenvalue weighted by molar-refractivity contribution is 5.92. The molecule has 0 aromatic heterocycles. The SMILES string of the molecule is COC(=O)[C@H](Cc1ccccc1)NC(=O)C1(N(C)C)Cc2ccccc2C1. The normalized spacial score (nSPS) is 15.9. The van der Waals surface area contributed by atoms with Crippen molar-refractivity contribution in [1.29, 1.82) is 0 Å². The van der Waals surface area contributed by atoms with Crippen LogP contribution in [-0.2, 0) is 33.6 Å². The molecule has 0 heterocycles. The van der Waals surface area contributed by atoms with Crippen LogP contribution in [0.3, 0.4) is 0 Å². The summed E-state index contributed by atoms with van der Waals surface area (Å²) in [6.45, 7) is 0. The van der Waals surface area contributed by atoms with E-state index in [0.29, 0.717) is 19.3 Å². The van der Waals surface area contributed by atoms with Crippen LogP contribution >= 0.6 is 0 Å². The zero-order valence-electron chi connectivity index (χ0n) is 16.1. The molecule has 0 aliphatic heterocycles. The molecule has 1 N–H and O–H groups in total. The molecule has 1 aliphatic rings. The third kappa shape index (κ3) is 3.88. The average molecular weight is 366 g/mol. The molecular formula is C22H26N2O3. The second-order valence-corrected chi connectivity index (χ2v) is 7.29. The van der Waals surface area contributed by atoms with Crippen molar-refractivity contribution in [2.75, 3.05) is 21.2 Å². The fraction of sp³-hybridized carbons (Fsp3) is 0.364. The fourth-order valence-electron chi connectivity index (χ4n) is 3.75. The molecule has 0 saturated heterocycles. The van der Waals surface area contributed by atoms with Crippen molar-refractivity contribution in [1.82, 2.24) is 10.2 Å². The van der Waals surface area contributed by atoms with Crippen molar-refractivity contribution in [3.8, 4) is 0 Å². The van der Waals surface area contributed by atoms with E-state index in [0.717, 1.165) is 5.56 Å². The summed E-state index contributed by atoms with van der Waals surface area (Å²) in [6.07, 6.45) is 1.65. The minimum absolute atomic E-state index is 0.143. The molecule has 142 valence electrons. The summed E-state index contributed by atoms with van der Waals surface area (Å²) in [5.74, 6) is -0.577. The van der Waals surface area contributed by atoms with Crippen molar-refractivity contribution in [3.63, 3.8) is 0 Å². The van der Waals surface area contributed by atoms with E-state index in [-0.39, 0.29) is 5.91 Å². The maximum absolute atomic E-state index is 13.3. The van der Waals surface area contributed by atoms with E-state index < -0.39 is 17.6 Å². The molecule has 0 spiro atoms. The molecule has 0 radical (unpaired) electrons. The first kappa shape index (κ1) is 19.1. The predicted octanol–water partition coefficient (Wildman–Crippen LogP) is 1.99. The Hall–Kier alpha value is -2.66. The standard InChI is InChI=1S/C22H26N2O3/c1-24(2)22(14-17-11-7-8-12-18(17)15-22)21(26)23-19(20(25)27-3)13-16-9-5-4-6-10-16/h4-12,19H,13-15H2,1-3H3,(H,23,26)/t19-/m0/s1. The molecule has 0 saturated carbocycles. The number of ether oxygens (including phenoxy) is 1. The summed E-state index contributed by atoms with van der Waals surface area (Å²) in [5, 5.41) is 2.96. The van der Waals surface area contributed by atoms with E-state index in [1.165, 1.54) is 18.2 Å². The van der Waals surface area contributed by atoms with Gasteiger partial charge in [0.15, 0.2) is 0 Å². The van der Waals surface area contributed by atoms with Gasteiger partial charge in [0.05, 0.1) is 7.11 Å². The maximum atomic E-state index is 13.3. The molecule has 27 heavy (non-hydrogen) atoms. The first-order valence-electron chi connectivity index (χ1n) is 9.13. The Bertz CT molecular complexity index is 792. The molecule has 3 rings (SSSR count). The molecule has 2 aromatic carbocycles. The average Bonchev–Trinajstić information content (AvgIpc) is 3.09. The summed E-state index contributed by atoms with van der Waals surface area (Å²) in [4.78, 5) is 27.6. The van der Waals surface area contributed by atoms with E-state index in [1.807, 2.05) is 61.5 Å². The van der Waals surface area contributed by atoms with Crippen LogP contribution in [0.2, 0.25) is 0 Å².